The van der Waals surface area contributed by atoms with Gasteiger partial charge in [0, 0.05) is 33.2 Å². The Morgan fingerprint density at radius 3 is 3.05 bits per heavy atom. The summed E-state index contributed by atoms with van der Waals surface area (Å²) in [4.78, 5) is 11.9. The Kier molecular flexibility index (Phi) is 4.67. The van der Waals surface area contributed by atoms with Crippen molar-refractivity contribution in [3.63, 3.8) is 0 Å². The van der Waals surface area contributed by atoms with E-state index >= 15 is 0 Å². The Hall–Kier alpha value is -1.25. The molecule has 1 aromatic heterocycles. The monoisotopic (exact) mass is 286 g/mol. The lowest BCUT2D eigenvalue weighted by Crippen LogP contribution is -2.45. The van der Waals surface area contributed by atoms with Crippen LogP contribution in [0.25, 0.3) is 0 Å². The first-order chi connectivity index (χ1) is 9.19. The van der Waals surface area contributed by atoms with Crippen LogP contribution in [0.15, 0.2) is 0 Å². The minimum Gasteiger partial charge on any atom is -0.378 e. The van der Waals surface area contributed by atoms with Crippen molar-refractivity contribution in [2.75, 3.05) is 38.7 Å². The summed E-state index contributed by atoms with van der Waals surface area (Å²) in [5.41, 5.74) is -0.412. The number of rotatable bonds is 6. The van der Waals surface area contributed by atoms with Crippen LogP contribution in [0.4, 0.5) is 5.13 Å². The molecule has 0 aliphatic carbocycles. The van der Waals surface area contributed by atoms with Gasteiger partial charge in [0.1, 0.15) is 5.60 Å². The van der Waals surface area contributed by atoms with Gasteiger partial charge in [0.25, 0.3) is 5.91 Å². The summed E-state index contributed by atoms with van der Waals surface area (Å²) in [6.07, 6.45) is 0.780. The van der Waals surface area contributed by atoms with E-state index in [4.69, 9.17) is 9.47 Å². The van der Waals surface area contributed by atoms with E-state index in [9.17, 15) is 4.79 Å². The first kappa shape index (κ1) is 14.2. The highest BCUT2D eigenvalue weighted by molar-refractivity contribution is 7.17. The summed E-state index contributed by atoms with van der Waals surface area (Å²) in [6.45, 7) is 4.29. The third-order valence-electron chi connectivity index (χ3n) is 3.02. The third kappa shape index (κ3) is 3.40. The molecule has 0 radical (unpaired) electrons. The predicted octanol–water partition coefficient (Wildman–Crippen LogP) is 0.505. The third-order valence-corrected chi connectivity index (χ3v) is 3.90. The van der Waals surface area contributed by atoms with Gasteiger partial charge in [-0.05, 0) is 6.92 Å². The summed E-state index contributed by atoms with van der Waals surface area (Å²) >= 11 is 1.24. The number of carbonyl (C=O) groups excluding carboxylic acids is 1. The largest absolute Gasteiger partial charge is 0.378 e. The zero-order chi connectivity index (χ0) is 13.7. The molecule has 8 heteroatoms. The lowest BCUT2D eigenvalue weighted by atomic mass is 10.0. The van der Waals surface area contributed by atoms with E-state index in [0.717, 1.165) is 13.0 Å². The topological polar surface area (TPSA) is 85.4 Å². The molecule has 1 amide bonds. The molecular formula is C11H18N4O3S. The molecule has 2 heterocycles. The fourth-order valence-electron chi connectivity index (χ4n) is 1.82. The first-order valence-corrected chi connectivity index (χ1v) is 6.99. The summed E-state index contributed by atoms with van der Waals surface area (Å²) < 4.78 is 10.8. The van der Waals surface area contributed by atoms with Crippen LogP contribution in [0, 0.1) is 0 Å². The van der Waals surface area contributed by atoms with E-state index in [0.29, 0.717) is 29.9 Å². The number of aromatic nitrogens is 2. The van der Waals surface area contributed by atoms with Crippen molar-refractivity contribution >= 4 is 22.4 Å². The quantitative estimate of drug-likeness (QED) is 0.792. The van der Waals surface area contributed by atoms with Crippen LogP contribution >= 0.6 is 11.3 Å². The molecule has 0 aromatic carbocycles. The number of hydrogen-bond donors (Lipinski definition) is 2. The second-order valence-electron chi connectivity index (χ2n) is 4.32. The van der Waals surface area contributed by atoms with Crippen LogP contribution in [-0.2, 0) is 9.47 Å². The number of carbonyl (C=O) groups is 1. The van der Waals surface area contributed by atoms with Crippen molar-refractivity contribution in [3.05, 3.63) is 5.01 Å². The minimum atomic E-state index is -0.412. The lowest BCUT2D eigenvalue weighted by Gasteiger charge is -2.25. The Morgan fingerprint density at radius 1 is 1.58 bits per heavy atom. The molecular weight excluding hydrogens is 268 g/mol. The number of nitrogens with one attached hydrogen (secondary N) is 2. The average molecular weight is 286 g/mol. The predicted molar refractivity (Wildman–Crippen MR) is 71.6 cm³/mol. The van der Waals surface area contributed by atoms with Gasteiger partial charge in [0.2, 0.25) is 10.1 Å². The van der Waals surface area contributed by atoms with Gasteiger partial charge in [-0.15, -0.1) is 10.2 Å². The summed E-state index contributed by atoms with van der Waals surface area (Å²) in [7, 11) is 1.63. The molecule has 2 rings (SSSR count). The first-order valence-electron chi connectivity index (χ1n) is 6.17. The van der Waals surface area contributed by atoms with Crippen LogP contribution in [0.3, 0.4) is 0 Å². The summed E-state index contributed by atoms with van der Waals surface area (Å²) in [5, 5.41) is 14.6. The molecule has 1 unspecified atom stereocenters. The van der Waals surface area contributed by atoms with Gasteiger partial charge >= 0.3 is 0 Å². The maximum Gasteiger partial charge on any atom is 0.282 e. The smallest absolute Gasteiger partial charge is 0.282 e. The fourth-order valence-corrected chi connectivity index (χ4v) is 2.54. The van der Waals surface area contributed by atoms with Gasteiger partial charge in [-0.2, -0.15) is 0 Å². The van der Waals surface area contributed by atoms with Crippen LogP contribution in [0.1, 0.15) is 23.1 Å². The molecule has 0 saturated carbocycles. The lowest BCUT2D eigenvalue weighted by molar-refractivity contribution is -0.0148. The minimum absolute atomic E-state index is 0.232. The highest BCUT2D eigenvalue weighted by Crippen LogP contribution is 2.22. The normalized spacial score (nSPS) is 22.4. The van der Waals surface area contributed by atoms with Gasteiger partial charge in [0.05, 0.1) is 6.61 Å². The average Bonchev–Trinajstić information content (AvgIpc) is 3.06. The van der Waals surface area contributed by atoms with Gasteiger partial charge in [-0.25, -0.2) is 0 Å². The molecule has 19 heavy (non-hydrogen) atoms. The molecule has 1 aliphatic heterocycles. The van der Waals surface area contributed by atoms with Crippen molar-refractivity contribution in [2.24, 2.45) is 0 Å². The summed E-state index contributed by atoms with van der Waals surface area (Å²) in [5.74, 6) is -0.232. The van der Waals surface area contributed by atoms with Crippen LogP contribution in [0.5, 0.6) is 0 Å². The van der Waals surface area contributed by atoms with E-state index in [1.54, 1.807) is 7.11 Å². The number of amides is 1. The zero-order valence-corrected chi connectivity index (χ0v) is 11.9. The zero-order valence-electron chi connectivity index (χ0n) is 11.1. The van der Waals surface area contributed by atoms with Crippen molar-refractivity contribution in [1.29, 1.82) is 0 Å². The van der Waals surface area contributed by atoms with E-state index in [-0.39, 0.29) is 5.91 Å². The van der Waals surface area contributed by atoms with Crippen molar-refractivity contribution in [1.82, 2.24) is 15.5 Å². The number of nitrogens with zero attached hydrogens (tertiary/aromatic N) is 2. The van der Waals surface area contributed by atoms with E-state index < -0.39 is 5.60 Å². The van der Waals surface area contributed by atoms with E-state index in [1.807, 2.05) is 6.92 Å². The SMILES string of the molecule is CCNc1nnc(C(=O)NCC2(OC)CCOC2)s1. The van der Waals surface area contributed by atoms with Crippen LogP contribution in [0.2, 0.25) is 0 Å². The molecule has 106 valence electrons. The van der Waals surface area contributed by atoms with Gasteiger partial charge in [-0.3, -0.25) is 4.79 Å². The molecule has 7 nitrogen and oxygen atoms in total. The standard InChI is InChI=1S/C11H18N4O3S/c1-3-12-10-15-14-9(19-10)8(16)13-6-11(17-2)4-5-18-7-11/h3-7H2,1-2H3,(H,12,15)(H,13,16). The van der Waals surface area contributed by atoms with Crippen LogP contribution in [-0.4, -0.2) is 55.1 Å². The second-order valence-corrected chi connectivity index (χ2v) is 5.29. The maximum absolute atomic E-state index is 11.9. The number of hydrogen-bond acceptors (Lipinski definition) is 7. The number of ether oxygens (including phenoxy) is 2. The molecule has 0 spiro atoms. The van der Waals surface area contributed by atoms with E-state index in [1.165, 1.54) is 11.3 Å². The highest BCUT2D eigenvalue weighted by Gasteiger charge is 2.35. The number of anilines is 1. The molecule has 1 aromatic rings. The van der Waals surface area contributed by atoms with Crippen molar-refractivity contribution in [2.45, 2.75) is 18.9 Å². The van der Waals surface area contributed by atoms with E-state index in [2.05, 4.69) is 20.8 Å². The Balaban J connectivity index is 1.89. The van der Waals surface area contributed by atoms with Crippen LogP contribution < -0.4 is 10.6 Å². The molecule has 0 bridgehead atoms. The van der Waals surface area contributed by atoms with Crippen molar-refractivity contribution in [3.8, 4) is 0 Å². The Morgan fingerprint density at radius 2 is 2.42 bits per heavy atom. The fraction of sp³-hybridized carbons (Fsp3) is 0.727. The van der Waals surface area contributed by atoms with Gasteiger partial charge < -0.3 is 20.1 Å². The van der Waals surface area contributed by atoms with Gasteiger partial charge in [-0.1, -0.05) is 11.3 Å². The van der Waals surface area contributed by atoms with Gasteiger partial charge in [0.15, 0.2) is 0 Å². The number of methoxy groups -OCH3 is 1. The molecule has 1 aliphatic rings. The second kappa shape index (κ2) is 6.27. The Bertz CT molecular complexity index is 431. The highest BCUT2D eigenvalue weighted by atomic mass is 32.1. The Labute approximate surface area is 115 Å². The molecule has 1 atom stereocenters. The maximum atomic E-state index is 11.9. The molecule has 1 fully saturated rings. The molecule has 2 N–H and O–H groups in total. The van der Waals surface area contributed by atoms with Crippen molar-refractivity contribution < 1.29 is 14.3 Å². The molecule has 1 saturated heterocycles. The summed E-state index contributed by atoms with van der Waals surface area (Å²) in [6, 6.07) is 0.